The third kappa shape index (κ3) is 4.91. The highest BCUT2D eigenvalue weighted by molar-refractivity contribution is 5.89. The first-order valence-electron chi connectivity index (χ1n) is 8.65. The normalized spacial score (nSPS) is 16.4. The Kier molecular flexibility index (Phi) is 6.34. The standard InChI is InChI=1S/C20H29NO4/c1-20(2)10-8-16(15(13-20)19(22)25-5)21-11-9-14-6-7-17(23-3)18(12-14)24-4/h6-7,12,21H,8-11,13H2,1-5H3. The van der Waals surface area contributed by atoms with Gasteiger partial charge in [-0.25, -0.2) is 4.79 Å². The maximum atomic E-state index is 12.1. The number of carbonyl (C=O) groups excluding carboxylic acids is 1. The van der Waals surface area contributed by atoms with E-state index in [4.69, 9.17) is 14.2 Å². The fourth-order valence-electron chi connectivity index (χ4n) is 3.20. The Hall–Kier alpha value is -2.17. The van der Waals surface area contributed by atoms with Crippen LogP contribution in [0, 0.1) is 5.41 Å². The summed E-state index contributed by atoms with van der Waals surface area (Å²) in [6.07, 6.45) is 3.52. The summed E-state index contributed by atoms with van der Waals surface area (Å²) in [5.74, 6) is 1.24. The highest BCUT2D eigenvalue weighted by Crippen LogP contribution is 2.38. The van der Waals surface area contributed by atoms with Crippen molar-refractivity contribution in [3.8, 4) is 11.5 Å². The predicted octanol–water partition coefficient (Wildman–Crippen LogP) is 3.47. The van der Waals surface area contributed by atoms with E-state index in [2.05, 4.69) is 19.2 Å². The fraction of sp³-hybridized carbons (Fsp3) is 0.550. The molecule has 1 N–H and O–H groups in total. The lowest BCUT2D eigenvalue weighted by atomic mass is 9.76. The molecule has 0 fully saturated rings. The summed E-state index contributed by atoms with van der Waals surface area (Å²) in [5, 5.41) is 3.45. The molecule has 1 aromatic rings. The summed E-state index contributed by atoms with van der Waals surface area (Å²) in [5.41, 5.74) is 3.09. The average Bonchev–Trinajstić information content (AvgIpc) is 2.61. The van der Waals surface area contributed by atoms with Gasteiger partial charge in [0.2, 0.25) is 0 Å². The molecule has 0 radical (unpaired) electrons. The molecular weight excluding hydrogens is 318 g/mol. The van der Waals surface area contributed by atoms with Gasteiger partial charge in [0.15, 0.2) is 11.5 Å². The summed E-state index contributed by atoms with van der Waals surface area (Å²) in [6, 6.07) is 5.93. The highest BCUT2D eigenvalue weighted by atomic mass is 16.5. The first-order valence-corrected chi connectivity index (χ1v) is 8.65. The van der Waals surface area contributed by atoms with Gasteiger partial charge in [-0.3, -0.25) is 0 Å². The first-order chi connectivity index (χ1) is 11.9. The Labute approximate surface area is 150 Å². The van der Waals surface area contributed by atoms with E-state index in [1.54, 1.807) is 14.2 Å². The molecule has 1 aliphatic rings. The topological polar surface area (TPSA) is 56.8 Å². The van der Waals surface area contributed by atoms with Crippen LogP contribution in [0.2, 0.25) is 0 Å². The minimum atomic E-state index is -0.221. The van der Waals surface area contributed by atoms with Crippen molar-refractivity contribution < 1.29 is 19.0 Å². The quantitative estimate of drug-likeness (QED) is 0.766. The molecule has 0 amide bonds. The Bertz CT molecular complexity index is 649. The van der Waals surface area contributed by atoms with Gasteiger partial charge >= 0.3 is 5.97 Å². The molecule has 25 heavy (non-hydrogen) atoms. The van der Waals surface area contributed by atoms with Crippen LogP contribution in [0.1, 0.15) is 38.7 Å². The van der Waals surface area contributed by atoms with Crippen molar-refractivity contribution >= 4 is 5.97 Å². The van der Waals surface area contributed by atoms with E-state index in [0.29, 0.717) is 0 Å². The Balaban J connectivity index is 2.04. The molecule has 0 aliphatic heterocycles. The van der Waals surface area contributed by atoms with Gasteiger partial charge in [0.05, 0.1) is 26.9 Å². The lowest BCUT2D eigenvalue weighted by molar-refractivity contribution is -0.136. The van der Waals surface area contributed by atoms with E-state index < -0.39 is 0 Å². The van der Waals surface area contributed by atoms with Crippen molar-refractivity contribution in [3.05, 3.63) is 35.0 Å². The number of carbonyl (C=O) groups is 1. The maximum Gasteiger partial charge on any atom is 0.335 e. The summed E-state index contributed by atoms with van der Waals surface area (Å²) in [7, 11) is 4.71. The highest BCUT2D eigenvalue weighted by Gasteiger charge is 2.30. The maximum absolute atomic E-state index is 12.1. The van der Waals surface area contributed by atoms with Crippen LogP contribution in [0.15, 0.2) is 29.5 Å². The third-order valence-electron chi connectivity index (χ3n) is 4.70. The van der Waals surface area contributed by atoms with Gasteiger partial charge in [0.25, 0.3) is 0 Å². The summed E-state index contributed by atoms with van der Waals surface area (Å²) in [4.78, 5) is 12.1. The van der Waals surface area contributed by atoms with Crippen LogP contribution in [-0.4, -0.2) is 33.8 Å². The Morgan fingerprint density at radius 3 is 2.52 bits per heavy atom. The SMILES string of the molecule is COC(=O)C1=C(NCCc2ccc(OC)c(OC)c2)CCC(C)(C)C1. The lowest BCUT2D eigenvalue weighted by Crippen LogP contribution is -2.29. The van der Waals surface area contributed by atoms with Gasteiger partial charge < -0.3 is 19.5 Å². The number of rotatable bonds is 7. The van der Waals surface area contributed by atoms with Gasteiger partial charge in [-0.1, -0.05) is 19.9 Å². The number of ether oxygens (including phenoxy) is 3. The molecule has 2 rings (SSSR count). The molecule has 0 spiro atoms. The summed E-state index contributed by atoms with van der Waals surface area (Å²) in [6.45, 7) is 5.14. The molecule has 0 aromatic heterocycles. The third-order valence-corrected chi connectivity index (χ3v) is 4.70. The van der Waals surface area contributed by atoms with Crippen molar-refractivity contribution in [1.29, 1.82) is 0 Å². The molecule has 138 valence electrons. The molecule has 0 saturated heterocycles. The fourth-order valence-corrected chi connectivity index (χ4v) is 3.20. The number of esters is 1. The Morgan fingerprint density at radius 1 is 1.16 bits per heavy atom. The molecule has 5 nitrogen and oxygen atoms in total. The molecule has 0 heterocycles. The van der Waals surface area contributed by atoms with Crippen molar-refractivity contribution in [2.45, 2.75) is 39.5 Å². The van der Waals surface area contributed by atoms with Crippen molar-refractivity contribution in [3.63, 3.8) is 0 Å². The number of hydrogen-bond acceptors (Lipinski definition) is 5. The molecule has 1 aliphatic carbocycles. The zero-order chi connectivity index (χ0) is 18.4. The molecule has 5 heteroatoms. The average molecular weight is 347 g/mol. The number of nitrogens with one attached hydrogen (secondary N) is 1. The van der Waals surface area contributed by atoms with Gasteiger partial charge in [-0.15, -0.1) is 0 Å². The zero-order valence-electron chi connectivity index (χ0n) is 15.9. The van der Waals surface area contributed by atoms with Crippen LogP contribution in [-0.2, 0) is 16.0 Å². The van der Waals surface area contributed by atoms with Crippen LogP contribution in [0.25, 0.3) is 0 Å². The molecule has 0 atom stereocenters. The molecule has 0 bridgehead atoms. The van der Waals surface area contributed by atoms with Crippen LogP contribution in [0.4, 0.5) is 0 Å². The Morgan fingerprint density at radius 2 is 1.88 bits per heavy atom. The summed E-state index contributed by atoms with van der Waals surface area (Å²) < 4.78 is 15.6. The zero-order valence-corrected chi connectivity index (χ0v) is 15.9. The number of allylic oxidation sites excluding steroid dienone is 1. The van der Waals surface area contributed by atoms with E-state index in [-0.39, 0.29) is 11.4 Å². The second-order valence-electron chi connectivity index (χ2n) is 7.16. The first kappa shape index (κ1) is 19.2. The molecule has 0 unspecified atom stereocenters. The number of benzene rings is 1. The van der Waals surface area contributed by atoms with E-state index in [0.717, 1.165) is 60.6 Å². The molecular formula is C20H29NO4. The van der Waals surface area contributed by atoms with Crippen LogP contribution in [0.5, 0.6) is 11.5 Å². The largest absolute Gasteiger partial charge is 0.493 e. The monoisotopic (exact) mass is 347 g/mol. The molecule has 0 saturated carbocycles. The lowest BCUT2D eigenvalue weighted by Gasteiger charge is -2.32. The van der Waals surface area contributed by atoms with Crippen LogP contribution in [0.3, 0.4) is 0 Å². The predicted molar refractivity (Wildman–Crippen MR) is 97.9 cm³/mol. The van der Waals surface area contributed by atoms with E-state index in [9.17, 15) is 4.79 Å². The van der Waals surface area contributed by atoms with Crippen molar-refractivity contribution in [1.82, 2.24) is 5.32 Å². The van der Waals surface area contributed by atoms with Gasteiger partial charge in [0.1, 0.15) is 0 Å². The van der Waals surface area contributed by atoms with Gasteiger partial charge in [-0.2, -0.15) is 0 Å². The van der Waals surface area contributed by atoms with Crippen molar-refractivity contribution in [2.75, 3.05) is 27.9 Å². The smallest absolute Gasteiger partial charge is 0.335 e. The molecule has 1 aromatic carbocycles. The van der Waals surface area contributed by atoms with E-state index in [1.807, 2.05) is 18.2 Å². The number of hydrogen-bond donors (Lipinski definition) is 1. The van der Waals surface area contributed by atoms with Gasteiger partial charge in [-0.05, 0) is 48.8 Å². The van der Waals surface area contributed by atoms with Gasteiger partial charge in [0, 0.05) is 12.2 Å². The van der Waals surface area contributed by atoms with Crippen LogP contribution >= 0.6 is 0 Å². The van der Waals surface area contributed by atoms with E-state index >= 15 is 0 Å². The van der Waals surface area contributed by atoms with Crippen molar-refractivity contribution in [2.24, 2.45) is 5.41 Å². The second-order valence-corrected chi connectivity index (χ2v) is 7.16. The minimum absolute atomic E-state index is 0.137. The number of methoxy groups -OCH3 is 3. The second kappa shape index (κ2) is 8.28. The van der Waals surface area contributed by atoms with E-state index in [1.165, 1.54) is 7.11 Å². The summed E-state index contributed by atoms with van der Waals surface area (Å²) >= 11 is 0. The van der Waals surface area contributed by atoms with Crippen LogP contribution < -0.4 is 14.8 Å². The minimum Gasteiger partial charge on any atom is -0.493 e.